The Morgan fingerprint density at radius 3 is 3.18 bits per heavy atom. The molecule has 0 aromatic heterocycles. The van der Waals surface area contributed by atoms with Gasteiger partial charge in [-0.1, -0.05) is 0 Å². The first-order valence-electron chi connectivity index (χ1n) is 2.92. The summed E-state index contributed by atoms with van der Waals surface area (Å²) >= 11 is 1.96. The molecule has 1 atom stereocenters. The van der Waals surface area contributed by atoms with Gasteiger partial charge in [-0.2, -0.15) is 0 Å². The molecule has 0 spiro atoms. The second-order valence-corrected chi connectivity index (χ2v) is 3.00. The van der Waals surface area contributed by atoms with E-state index in [0.717, 1.165) is 0 Å². The van der Waals surface area contributed by atoms with E-state index in [1.807, 2.05) is 22.6 Å². The average molecular weight is 262 g/mol. The van der Waals surface area contributed by atoms with Crippen LogP contribution in [-0.4, -0.2) is 28.0 Å². The third kappa shape index (κ3) is 1.06. The number of amidine groups is 2. The first kappa shape index (κ1) is 6.89. The van der Waals surface area contributed by atoms with Gasteiger partial charge < -0.3 is 5.32 Å². The largest absolute Gasteiger partial charge is 0.314 e. The van der Waals surface area contributed by atoms with Crippen molar-refractivity contribution in [3.05, 3.63) is 0 Å². The molecule has 0 saturated carbocycles. The van der Waals surface area contributed by atoms with E-state index in [2.05, 4.69) is 20.3 Å². The molecular weight excluding hydrogens is 259 g/mol. The fraction of sp³-hybridized carbons (Fsp3) is 0.200. The Morgan fingerprint density at radius 1 is 1.64 bits per heavy atom. The van der Waals surface area contributed by atoms with E-state index >= 15 is 0 Å². The van der Waals surface area contributed by atoms with Crippen molar-refractivity contribution < 1.29 is 4.79 Å². The molecule has 0 fully saturated rings. The third-order valence-corrected chi connectivity index (χ3v) is 1.86. The van der Waals surface area contributed by atoms with E-state index in [1.165, 1.54) is 6.34 Å². The first-order valence-corrected chi connectivity index (χ1v) is 4.00. The van der Waals surface area contributed by atoms with Crippen LogP contribution in [-0.2, 0) is 4.79 Å². The molecule has 5 nitrogen and oxygen atoms in total. The topological polar surface area (TPSA) is 66.2 Å². The quantitative estimate of drug-likeness (QED) is 0.473. The Labute approximate surface area is 75.8 Å². The summed E-state index contributed by atoms with van der Waals surface area (Å²) < 4.78 is 0.580. The molecule has 6 heteroatoms. The van der Waals surface area contributed by atoms with Crippen LogP contribution in [0.4, 0.5) is 0 Å². The summed E-state index contributed by atoms with van der Waals surface area (Å²) in [7, 11) is 0. The van der Waals surface area contributed by atoms with Crippen LogP contribution in [0, 0.1) is 0 Å². The van der Waals surface area contributed by atoms with Crippen LogP contribution >= 0.6 is 22.6 Å². The van der Waals surface area contributed by atoms with Gasteiger partial charge in [0.15, 0.2) is 15.7 Å². The zero-order chi connectivity index (χ0) is 7.84. The van der Waals surface area contributed by atoms with Crippen LogP contribution in [0.3, 0.4) is 0 Å². The number of fused-ring (bicyclic) bond motifs is 1. The lowest BCUT2D eigenvalue weighted by atomic mass is 10.2. The number of hydrogen-bond acceptors (Lipinski definition) is 4. The number of amides is 1. The molecule has 0 radical (unpaired) electrons. The van der Waals surface area contributed by atoms with Crippen LogP contribution in [0.25, 0.3) is 0 Å². The van der Waals surface area contributed by atoms with Crippen LogP contribution in [0.5, 0.6) is 0 Å². The van der Waals surface area contributed by atoms with E-state index in [1.54, 1.807) is 0 Å². The van der Waals surface area contributed by atoms with Gasteiger partial charge >= 0.3 is 0 Å². The Balaban J connectivity index is 2.42. The Hall–Kier alpha value is -0.790. The highest BCUT2D eigenvalue weighted by Gasteiger charge is 2.30. The minimum atomic E-state index is -0.507. The molecular formula is C5H3IN4O. The van der Waals surface area contributed by atoms with Gasteiger partial charge in [-0.25, -0.2) is 15.0 Å². The third-order valence-electron chi connectivity index (χ3n) is 1.34. The van der Waals surface area contributed by atoms with Gasteiger partial charge in [-0.3, -0.25) is 4.79 Å². The molecule has 2 rings (SSSR count). The number of nitrogens with one attached hydrogen (secondary N) is 1. The number of nitrogens with zero attached hydrogens (tertiary/aromatic N) is 3. The maximum atomic E-state index is 11.0. The first-order chi connectivity index (χ1) is 5.27. The molecule has 1 N–H and O–H groups in total. The number of hydrogen-bond donors (Lipinski definition) is 1. The monoisotopic (exact) mass is 262 g/mol. The fourth-order valence-corrected chi connectivity index (χ4v) is 1.39. The van der Waals surface area contributed by atoms with Gasteiger partial charge in [-0.05, 0) is 0 Å². The standard InChI is InChI=1S/C5H3IN4O/c6-5-9-2-3(10-5)7-1-8-4(2)11/h1-2H,(H,7,8,9,10,11). The summed E-state index contributed by atoms with van der Waals surface area (Å²) in [6.07, 6.45) is 1.34. The minimum absolute atomic E-state index is 0.162. The molecule has 1 amide bonds. The number of carbonyl (C=O) groups excluding carboxylic acids is 1. The lowest BCUT2D eigenvalue weighted by Crippen LogP contribution is -2.40. The highest BCUT2D eigenvalue weighted by molar-refractivity contribution is 14.1. The second kappa shape index (κ2) is 2.36. The molecule has 56 valence electrons. The molecule has 1 unspecified atom stereocenters. The van der Waals surface area contributed by atoms with Gasteiger partial charge in [0, 0.05) is 22.6 Å². The van der Waals surface area contributed by atoms with E-state index in [0.29, 0.717) is 9.68 Å². The predicted molar refractivity (Wildman–Crippen MR) is 49.3 cm³/mol. The van der Waals surface area contributed by atoms with Crippen molar-refractivity contribution in [3.63, 3.8) is 0 Å². The lowest BCUT2D eigenvalue weighted by molar-refractivity contribution is -0.119. The van der Waals surface area contributed by atoms with Gasteiger partial charge in [-0.15, -0.1) is 0 Å². The van der Waals surface area contributed by atoms with Crippen LogP contribution in [0.2, 0.25) is 0 Å². The SMILES string of the molecule is O=C1NC=NC2=NC(I)=NC12. The molecule has 11 heavy (non-hydrogen) atoms. The number of carbonyl (C=O) groups is 1. The summed E-state index contributed by atoms with van der Waals surface area (Å²) in [5.74, 6) is 0.323. The van der Waals surface area contributed by atoms with Crippen LogP contribution in [0.1, 0.15) is 0 Å². The van der Waals surface area contributed by atoms with Crippen molar-refractivity contribution in [2.24, 2.45) is 15.0 Å². The second-order valence-electron chi connectivity index (χ2n) is 2.04. The molecule has 0 aliphatic carbocycles. The summed E-state index contributed by atoms with van der Waals surface area (Å²) in [6.45, 7) is 0. The van der Waals surface area contributed by atoms with Crippen molar-refractivity contribution in [2.45, 2.75) is 6.04 Å². The van der Waals surface area contributed by atoms with E-state index < -0.39 is 6.04 Å². The van der Waals surface area contributed by atoms with Crippen molar-refractivity contribution in [2.75, 3.05) is 0 Å². The maximum absolute atomic E-state index is 11.0. The zero-order valence-corrected chi connectivity index (χ0v) is 7.44. The lowest BCUT2D eigenvalue weighted by Gasteiger charge is -2.09. The van der Waals surface area contributed by atoms with Crippen molar-refractivity contribution in [1.29, 1.82) is 0 Å². The summed E-state index contributed by atoms with van der Waals surface area (Å²) in [6, 6.07) is -0.507. The van der Waals surface area contributed by atoms with E-state index in [4.69, 9.17) is 0 Å². The normalized spacial score (nSPS) is 27.4. The zero-order valence-electron chi connectivity index (χ0n) is 5.28. The smallest absolute Gasteiger partial charge is 0.257 e. The van der Waals surface area contributed by atoms with E-state index in [-0.39, 0.29) is 5.91 Å². The maximum Gasteiger partial charge on any atom is 0.257 e. The molecule has 0 aromatic carbocycles. The molecule has 2 aliphatic heterocycles. The molecule has 2 heterocycles. The van der Waals surface area contributed by atoms with Crippen molar-refractivity contribution >= 4 is 44.5 Å². The van der Waals surface area contributed by atoms with E-state index in [9.17, 15) is 4.79 Å². The van der Waals surface area contributed by atoms with Crippen LogP contribution in [0.15, 0.2) is 15.0 Å². The number of halogens is 1. The van der Waals surface area contributed by atoms with Gasteiger partial charge in [0.25, 0.3) is 5.91 Å². The van der Waals surface area contributed by atoms with Crippen molar-refractivity contribution in [1.82, 2.24) is 5.32 Å². The molecule has 0 aromatic rings. The van der Waals surface area contributed by atoms with Gasteiger partial charge in [0.1, 0.15) is 0 Å². The Bertz CT molecular complexity index is 306. The van der Waals surface area contributed by atoms with Crippen molar-refractivity contribution in [3.8, 4) is 0 Å². The number of rotatable bonds is 0. The summed E-state index contributed by atoms with van der Waals surface area (Å²) in [4.78, 5) is 22.8. The summed E-state index contributed by atoms with van der Waals surface area (Å²) in [5.41, 5.74) is 0. The molecule has 0 saturated heterocycles. The number of aliphatic imine (C=N–C) groups is 3. The van der Waals surface area contributed by atoms with Gasteiger partial charge in [0.2, 0.25) is 0 Å². The van der Waals surface area contributed by atoms with Gasteiger partial charge in [0.05, 0.1) is 6.34 Å². The van der Waals surface area contributed by atoms with Crippen LogP contribution < -0.4 is 5.32 Å². The molecule has 0 bridgehead atoms. The predicted octanol–water partition coefficient (Wildman–Crippen LogP) is -0.284. The average Bonchev–Trinajstić information content (AvgIpc) is 2.31. The Kier molecular flexibility index (Phi) is 1.48. The highest BCUT2D eigenvalue weighted by Crippen LogP contribution is 2.12. The Morgan fingerprint density at radius 2 is 2.45 bits per heavy atom. The minimum Gasteiger partial charge on any atom is -0.314 e. The fourth-order valence-electron chi connectivity index (χ4n) is 0.865. The summed E-state index contributed by atoms with van der Waals surface area (Å²) in [5, 5.41) is 2.45. The highest BCUT2D eigenvalue weighted by atomic mass is 127. The molecule has 2 aliphatic rings.